The van der Waals surface area contributed by atoms with Gasteiger partial charge in [-0.1, -0.05) is 31.2 Å². The first-order valence-electron chi connectivity index (χ1n) is 10.1. The Balaban J connectivity index is 1.40. The average molecular weight is 441 g/mol. The third-order valence-electron chi connectivity index (χ3n) is 5.32. The fourth-order valence-electron chi connectivity index (χ4n) is 3.61. The van der Waals surface area contributed by atoms with Gasteiger partial charge < -0.3 is 10.6 Å². The second-order valence-electron chi connectivity index (χ2n) is 7.55. The van der Waals surface area contributed by atoms with Crippen LogP contribution in [0.3, 0.4) is 0 Å². The van der Waals surface area contributed by atoms with E-state index in [2.05, 4.69) is 15.6 Å². The Labute approximate surface area is 182 Å². The van der Waals surface area contributed by atoms with Gasteiger partial charge in [-0.3, -0.25) is 19.1 Å². The lowest BCUT2D eigenvalue weighted by Gasteiger charge is -2.15. The van der Waals surface area contributed by atoms with Gasteiger partial charge in [0.1, 0.15) is 5.82 Å². The van der Waals surface area contributed by atoms with E-state index in [4.69, 9.17) is 0 Å². The summed E-state index contributed by atoms with van der Waals surface area (Å²) in [7, 11) is 0. The highest BCUT2D eigenvalue weighted by molar-refractivity contribution is 6.01. The van der Waals surface area contributed by atoms with Gasteiger partial charge in [0.05, 0.1) is 24.1 Å². The molecule has 0 spiro atoms. The molecule has 4 rings (SSSR count). The number of nitrogens with one attached hydrogen (secondary N) is 2. The minimum Gasteiger partial charge on any atom is -0.351 e. The van der Waals surface area contributed by atoms with Gasteiger partial charge in [-0.25, -0.2) is 9.78 Å². The van der Waals surface area contributed by atoms with Gasteiger partial charge >= 0.3 is 12.6 Å². The molecule has 1 aromatic heterocycles. The number of amides is 4. The number of rotatable bonds is 7. The van der Waals surface area contributed by atoms with Crippen molar-refractivity contribution in [1.29, 1.82) is 0 Å². The molecule has 0 aliphatic carbocycles. The molecule has 8 nitrogen and oxygen atoms in total. The molecule has 166 valence electrons. The number of alkyl halides is 2. The van der Waals surface area contributed by atoms with Crippen LogP contribution in [-0.2, 0) is 11.3 Å². The molecule has 0 bridgehead atoms. The minimum absolute atomic E-state index is 0.0170. The molecule has 1 fully saturated rings. The lowest BCUT2D eigenvalue weighted by atomic mass is 10.1. The zero-order valence-electron chi connectivity index (χ0n) is 17.2. The molecule has 1 aliphatic rings. The SMILES string of the molecule is CC(CNC(=O)c1ccc(CN2C(=O)CNC2=O)cc1)c1nc2ccccc2n1C(F)F. The van der Waals surface area contributed by atoms with Crippen LogP contribution in [-0.4, -0.2) is 45.4 Å². The largest absolute Gasteiger partial charge is 0.351 e. The summed E-state index contributed by atoms with van der Waals surface area (Å²) in [5.74, 6) is -0.913. The fraction of sp³-hybridized carbons (Fsp3) is 0.273. The van der Waals surface area contributed by atoms with Gasteiger partial charge in [-0.2, -0.15) is 8.78 Å². The fourth-order valence-corrected chi connectivity index (χ4v) is 3.61. The Hall–Kier alpha value is -3.82. The highest BCUT2D eigenvalue weighted by atomic mass is 19.3. The van der Waals surface area contributed by atoms with Crippen LogP contribution in [0.2, 0.25) is 0 Å². The first kappa shape index (κ1) is 21.4. The van der Waals surface area contributed by atoms with E-state index in [-0.39, 0.29) is 37.3 Å². The van der Waals surface area contributed by atoms with Crippen molar-refractivity contribution in [2.24, 2.45) is 0 Å². The molecule has 0 saturated carbocycles. The Morgan fingerprint density at radius 1 is 1.16 bits per heavy atom. The molecule has 1 aliphatic heterocycles. The summed E-state index contributed by atoms with van der Waals surface area (Å²) in [6.07, 6.45) is 0. The van der Waals surface area contributed by atoms with Crippen LogP contribution >= 0.6 is 0 Å². The van der Waals surface area contributed by atoms with Gasteiger partial charge in [-0.05, 0) is 29.8 Å². The number of hydrogen-bond donors (Lipinski definition) is 2. The molecule has 0 radical (unpaired) electrons. The maximum Gasteiger partial charge on any atom is 0.324 e. The normalized spacial score (nSPS) is 14.8. The summed E-state index contributed by atoms with van der Waals surface area (Å²) < 4.78 is 28.2. The van der Waals surface area contributed by atoms with Crippen LogP contribution in [0.5, 0.6) is 0 Å². The molecular weight excluding hydrogens is 420 g/mol. The van der Waals surface area contributed by atoms with Crippen molar-refractivity contribution in [2.45, 2.75) is 25.9 Å². The standard InChI is InChI=1S/C22H21F2N5O3/c1-13(19-27-16-4-2-3-5-17(16)29(19)21(23)24)10-25-20(31)15-8-6-14(7-9-15)12-28-18(30)11-26-22(28)32/h2-9,13,21H,10-12H2,1H3,(H,25,31)(H,26,32). The molecule has 1 saturated heterocycles. The molecule has 3 aromatic rings. The van der Waals surface area contributed by atoms with E-state index in [0.717, 1.165) is 9.47 Å². The number of fused-ring (bicyclic) bond motifs is 1. The van der Waals surface area contributed by atoms with Crippen LogP contribution in [0.4, 0.5) is 13.6 Å². The zero-order chi connectivity index (χ0) is 22.8. The van der Waals surface area contributed by atoms with Crippen LogP contribution in [0.15, 0.2) is 48.5 Å². The summed E-state index contributed by atoms with van der Waals surface area (Å²) in [6, 6.07) is 12.7. The molecule has 10 heteroatoms. The van der Waals surface area contributed by atoms with E-state index in [1.807, 2.05) is 0 Å². The third kappa shape index (κ3) is 4.16. The van der Waals surface area contributed by atoms with Gasteiger partial charge in [0.15, 0.2) is 0 Å². The summed E-state index contributed by atoms with van der Waals surface area (Å²) >= 11 is 0. The van der Waals surface area contributed by atoms with E-state index in [9.17, 15) is 23.2 Å². The second-order valence-corrected chi connectivity index (χ2v) is 7.55. The molecule has 2 heterocycles. The molecule has 2 aromatic carbocycles. The van der Waals surface area contributed by atoms with E-state index in [1.165, 1.54) is 0 Å². The van der Waals surface area contributed by atoms with E-state index >= 15 is 0 Å². The lowest BCUT2D eigenvalue weighted by molar-refractivity contribution is -0.125. The predicted molar refractivity (Wildman–Crippen MR) is 112 cm³/mol. The molecule has 4 amide bonds. The van der Waals surface area contributed by atoms with Crippen molar-refractivity contribution in [3.05, 3.63) is 65.5 Å². The molecule has 2 N–H and O–H groups in total. The second kappa shape index (κ2) is 8.74. The number of halogens is 2. The van der Waals surface area contributed by atoms with Crippen molar-refractivity contribution >= 4 is 28.9 Å². The first-order valence-corrected chi connectivity index (χ1v) is 10.1. The average Bonchev–Trinajstić information content (AvgIpc) is 3.33. The van der Waals surface area contributed by atoms with Gasteiger partial charge in [-0.15, -0.1) is 0 Å². The summed E-state index contributed by atoms with van der Waals surface area (Å²) in [4.78, 5) is 41.3. The minimum atomic E-state index is -2.74. The van der Waals surface area contributed by atoms with Crippen LogP contribution in [0.1, 0.15) is 41.1 Å². The van der Waals surface area contributed by atoms with E-state index < -0.39 is 18.5 Å². The maximum absolute atomic E-state index is 13.6. The number of imide groups is 1. The van der Waals surface area contributed by atoms with Crippen molar-refractivity contribution in [3.8, 4) is 0 Å². The summed E-state index contributed by atoms with van der Waals surface area (Å²) in [5.41, 5.74) is 1.89. The van der Waals surface area contributed by atoms with Gasteiger partial charge in [0.2, 0.25) is 5.91 Å². The summed E-state index contributed by atoms with van der Waals surface area (Å²) in [6.45, 7) is -0.794. The Bertz CT molecular complexity index is 1160. The van der Waals surface area contributed by atoms with Crippen molar-refractivity contribution in [1.82, 2.24) is 25.1 Å². The number of carbonyl (C=O) groups excluding carboxylic acids is 3. The molecular formula is C22H21F2N5O3. The van der Waals surface area contributed by atoms with E-state index in [1.54, 1.807) is 55.5 Å². The number of para-hydroxylation sites is 2. The topological polar surface area (TPSA) is 96.3 Å². The number of urea groups is 1. The van der Waals surface area contributed by atoms with Crippen LogP contribution in [0.25, 0.3) is 11.0 Å². The third-order valence-corrected chi connectivity index (χ3v) is 5.32. The smallest absolute Gasteiger partial charge is 0.324 e. The van der Waals surface area contributed by atoms with Crippen molar-refractivity contribution < 1.29 is 23.2 Å². The summed E-state index contributed by atoms with van der Waals surface area (Å²) in [5, 5.41) is 5.20. The van der Waals surface area contributed by atoms with Crippen molar-refractivity contribution in [3.63, 3.8) is 0 Å². The zero-order valence-corrected chi connectivity index (χ0v) is 17.2. The number of imidazole rings is 1. The van der Waals surface area contributed by atoms with Gasteiger partial charge in [0, 0.05) is 18.0 Å². The lowest BCUT2D eigenvalue weighted by Crippen LogP contribution is -2.30. The molecule has 1 atom stereocenters. The number of benzene rings is 2. The Morgan fingerprint density at radius 3 is 2.53 bits per heavy atom. The first-order chi connectivity index (χ1) is 15.3. The van der Waals surface area contributed by atoms with E-state index in [0.29, 0.717) is 22.2 Å². The number of hydrogen-bond acceptors (Lipinski definition) is 4. The number of nitrogens with zero attached hydrogens (tertiary/aromatic N) is 3. The van der Waals surface area contributed by atoms with Gasteiger partial charge in [0.25, 0.3) is 5.91 Å². The van der Waals surface area contributed by atoms with Crippen molar-refractivity contribution in [2.75, 3.05) is 13.1 Å². The maximum atomic E-state index is 13.6. The monoisotopic (exact) mass is 441 g/mol. The molecule has 32 heavy (non-hydrogen) atoms. The Morgan fingerprint density at radius 2 is 1.88 bits per heavy atom. The highest BCUT2D eigenvalue weighted by Gasteiger charge is 2.28. The highest BCUT2D eigenvalue weighted by Crippen LogP contribution is 2.27. The predicted octanol–water partition coefficient (Wildman–Crippen LogP) is 3.02. The van der Waals surface area contributed by atoms with Crippen LogP contribution in [0, 0.1) is 0 Å². The number of aromatic nitrogens is 2. The quantitative estimate of drug-likeness (QED) is 0.551. The molecule has 1 unspecified atom stereocenters. The Kier molecular flexibility index (Phi) is 5.85. The number of carbonyl (C=O) groups is 3. The van der Waals surface area contributed by atoms with Crippen LogP contribution < -0.4 is 10.6 Å².